The highest BCUT2D eigenvalue weighted by Gasteiger charge is 2.18. The Bertz CT molecular complexity index is 610. The van der Waals surface area contributed by atoms with Gasteiger partial charge in [0.2, 0.25) is 0 Å². The Morgan fingerprint density at radius 2 is 1.85 bits per heavy atom. The molecule has 2 nitrogen and oxygen atoms in total. The van der Waals surface area contributed by atoms with Crippen LogP contribution in [0.5, 0.6) is 0 Å². The summed E-state index contributed by atoms with van der Waals surface area (Å²) >= 11 is 14.1. The second-order valence-electron chi connectivity index (χ2n) is 4.94. The fourth-order valence-electron chi connectivity index (χ4n) is 2.34. The van der Waals surface area contributed by atoms with Gasteiger partial charge in [-0.3, -0.25) is 0 Å². The molecule has 0 bridgehead atoms. The molecule has 0 amide bonds. The Kier molecular flexibility index (Phi) is 5.08. The Labute approximate surface area is 134 Å². The molecule has 1 aromatic carbocycles. The van der Waals surface area contributed by atoms with E-state index in [1.165, 1.54) is 4.88 Å². The van der Waals surface area contributed by atoms with Gasteiger partial charge in [0, 0.05) is 17.0 Å². The Morgan fingerprint density at radius 1 is 1.15 bits per heavy atom. The van der Waals surface area contributed by atoms with Crippen molar-refractivity contribution in [1.82, 2.24) is 10.3 Å². The molecule has 2 rings (SSSR count). The predicted molar refractivity (Wildman–Crippen MR) is 88.0 cm³/mol. The third-order valence-corrected chi connectivity index (χ3v) is 5.37. The zero-order valence-electron chi connectivity index (χ0n) is 12.0. The van der Waals surface area contributed by atoms with Gasteiger partial charge >= 0.3 is 0 Å². The second kappa shape index (κ2) is 6.44. The van der Waals surface area contributed by atoms with Crippen LogP contribution in [0.2, 0.25) is 10.0 Å². The smallest absolute Gasteiger partial charge is 0.0900 e. The average Bonchev–Trinajstić information content (AvgIpc) is 2.71. The van der Waals surface area contributed by atoms with Gasteiger partial charge in [0.15, 0.2) is 0 Å². The van der Waals surface area contributed by atoms with Gasteiger partial charge in [-0.15, -0.1) is 11.3 Å². The van der Waals surface area contributed by atoms with Crippen LogP contribution in [0.1, 0.15) is 47.1 Å². The van der Waals surface area contributed by atoms with Crippen molar-refractivity contribution in [3.05, 3.63) is 49.4 Å². The lowest BCUT2D eigenvalue weighted by atomic mass is 10.1. The molecule has 2 unspecified atom stereocenters. The van der Waals surface area contributed by atoms with Crippen LogP contribution >= 0.6 is 34.5 Å². The van der Waals surface area contributed by atoms with E-state index in [-0.39, 0.29) is 12.1 Å². The SMILES string of the molecule is Cc1nc(C)c(C(C)NC(C)c2cccc(Cl)c2Cl)s1. The van der Waals surface area contributed by atoms with Crippen LogP contribution in [0, 0.1) is 13.8 Å². The topological polar surface area (TPSA) is 24.9 Å². The molecule has 2 atom stereocenters. The number of aromatic nitrogens is 1. The van der Waals surface area contributed by atoms with Crippen LogP contribution in [-0.2, 0) is 0 Å². The minimum Gasteiger partial charge on any atom is -0.303 e. The highest BCUT2D eigenvalue weighted by Crippen LogP contribution is 2.32. The van der Waals surface area contributed by atoms with Crippen molar-refractivity contribution in [2.75, 3.05) is 0 Å². The summed E-state index contributed by atoms with van der Waals surface area (Å²) in [4.78, 5) is 5.75. The monoisotopic (exact) mass is 328 g/mol. The van der Waals surface area contributed by atoms with E-state index in [0.717, 1.165) is 16.3 Å². The van der Waals surface area contributed by atoms with Gasteiger partial charge < -0.3 is 5.32 Å². The number of hydrogen-bond donors (Lipinski definition) is 1. The van der Waals surface area contributed by atoms with Crippen LogP contribution in [0.15, 0.2) is 18.2 Å². The van der Waals surface area contributed by atoms with E-state index >= 15 is 0 Å². The van der Waals surface area contributed by atoms with Gasteiger partial charge in [0.05, 0.1) is 20.7 Å². The van der Waals surface area contributed by atoms with Crippen LogP contribution in [-0.4, -0.2) is 4.98 Å². The molecule has 0 saturated carbocycles. The molecule has 1 N–H and O–H groups in total. The van der Waals surface area contributed by atoms with Gasteiger partial charge in [0.25, 0.3) is 0 Å². The van der Waals surface area contributed by atoms with Crippen molar-refractivity contribution in [1.29, 1.82) is 0 Å². The fraction of sp³-hybridized carbons (Fsp3) is 0.400. The highest BCUT2D eigenvalue weighted by molar-refractivity contribution is 7.11. The number of nitrogens with one attached hydrogen (secondary N) is 1. The van der Waals surface area contributed by atoms with Crippen molar-refractivity contribution >= 4 is 34.5 Å². The number of aryl methyl sites for hydroxylation is 2. The summed E-state index contributed by atoms with van der Waals surface area (Å²) in [5, 5.41) is 5.88. The first-order valence-corrected chi connectivity index (χ1v) is 8.11. The quantitative estimate of drug-likeness (QED) is 0.803. The zero-order chi connectivity index (χ0) is 14.9. The van der Waals surface area contributed by atoms with Gasteiger partial charge in [-0.25, -0.2) is 4.98 Å². The van der Waals surface area contributed by atoms with E-state index < -0.39 is 0 Å². The molecule has 2 aromatic rings. The molecule has 1 aromatic heterocycles. The van der Waals surface area contributed by atoms with Crippen LogP contribution in [0.3, 0.4) is 0 Å². The molecule has 0 saturated heterocycles. The van der Waals surface area contributed by atoms with Crippen molar-refractivity contribution in [2.45, 2.75) is 39.8 Å². The lowest BCUT2D eigenvalue weighted by molar-refractivity contribution is 0.498. The summed E-state index contributed by atoms with van der Waals surface area (Å²) in [6, 6.07) is 6.09. The number of benzene rings is 1. The minimum absolute atomic E-state index is 0.123. The normalized spacial score (nSPS) is 14.3. The van der Waals surface area contributed by atoms with E-state index in [4.69, 9.17) is 23.2 Å². The lowest BCUT2D eigenvalue weighted by Crippen LogP contribution is -2.22. The van der Waals surface area contributed by atoms with Crippen molar-refractivity contribution in [2.24, 2.45) is 0 Å². The van der Waals surface area contributed by atoms with Crippen LogP contribution in [0.4, 0.5) is 0 Å². The summed E-state index contributed by atoms with van der Waals surface area (Å²) in [6.45, 7) is 8.32. The molecule has 5 heteroatoms. The van der Waals surface area contributed by atoms with Crippen molar-refractivity contribution in [3.8, 4) is 0 Å². The number of thiazole rings is 1. The molecule has 0 fully saturated rings. The zero-order valence-corrected chi connectivity index (χ0v) is 14.3. The number of hydrogen-bond acceptors (Lipinski definition) is 3. The maximum atomic E-state index is 6.27. The van der Waals surface area contributed by atoms with E-state index in [1.807, 2.05) is 26.0 Å². The molecule has 108 valence electrons. The summed E-state index contributed by atoms with van der Waals surface area (Å²) in [6.07, 6.45) is 0. The van der Waals surface area contributed by atoms with Crippen LogP contribution in [0.25, 0.3) is 0 Å². The molecule has 0 radical (unpaired) electrons. The van der Waals surface area contributed by atoms with E-state index in [0.29, 0.717) is 10.0 Å². The molecule has 0 spiro atoms. The van der Waals surface area contributed by atoms with Crippen LogP contribution < -0.4 is 5.32 Å². The first-order chi connectivity index (χ1) is 9.40. The summed E-state index contributed by atoms with van der Waals surface area (Å²) in [5.41, 5.74) is 2.11. The van der Waals surface area contributed by atoms with Gasteiger partial charge in [-0.2, -0.15) is 0 Å². The predicted octanol–water partition coefficient (Wildman–Crippen LogP) is 5.48. The van der Waals surface area contributed by atoms with E-state index in [1.54, 1.807) is 17.4 Å². The first-order valence-electron chi connectivity index (χ1n) is 6.54. The molecule has 20 heavy (non-hydrogen) atoms. The molecular weight excluding hydrogens is 311 g/mol. The summed E-state index contributed by atoms with van der Waals surface area (Å²) < 4.78 is 0. The maximum absolute atomic E-state index is 6.27. The average molecular weight is 329 g/mol. The number of nitrogens with zero attached hydrogens (tertiary/aromatic N) is 1. The Morgan fingerprint density at radius 3 is 2.45 bits per heavy atom. The highest BCUT2D eigenvalue weighted by atomic mass is 35.5. The Hall–Kier alpha value is -0.610. The fourth-order valence-corrected chi connectivity index (χ4v) is 3.75. The van der Waals surface area contributed by atoms with Gasteiger partial charge in [0.1, 0.15) is 0 Å². The summed E-state index contributed by atoms with van der Waals surface area (Å²) in [7, 11) is 0. The maximum Gasteiger partial charge on any atom is 0.0900 e. The number of halogens is 2. The molecule has 0 aliphatic heterocycles. The third-order valence-electron chi connectivity index (χ3n) is 3.28. The Balaban J connectivity index is 2.17. The van der Waals surface area contributed by atoms with Gasteiger partial charge in [-0.05, 0) is 39.3 Å². The van der Waals surface area contributed by atoms with Gasteiger partial charge in [-0.1, -0.05) is 35.3 Å². The molecule has 0 aliphatic carbocycles. The molecular formula is C15H18Cl2N2S. The van der Waals surface area contributed by atoms with Crippen molar-refractivity contribution in [3.63, 3.8) is 0 Å². The molecule has 0 aliphatic rings. The minimum atomic E-state index is 0.123. The van der Waals surface area contributed by atoms with E-state index in [2.05, 4.69) is 24.1 Å². The van der Waals surface area contributed by atoms with Crippen molar-refractivity contribution < 1.29 is 0 Å². The standard InChI is InChI=1S/C15H18Cl2N2S/c1-8(12-6-5-7-13(16)14(12)17)18-9(2)15-10(3)19-11(4)20-15/h5-9,18H,1-4H3. The lowest BCUT2D eigenvalue weighted by Gasteiger charge is -2.21. The first kappa shape index (κ1) is 15.8. The number of rotatable bonds is 4. The third kappa shape index (κ3) is 3.34. The second-order valence-corrected chi connectivity index (χ2v) is 6.96. The largest absolute Gasteiger partial charge is 0.303 e. The van der Waals surface area contributed by atoms with E-state index in [9.17, 15) is 0 Å². The summed E-state index contributed by atoms with van der Waals surface area (Å²) in [5.74, 6) is 0. The molecule has 1 heterocycles.